The number of fused-ring (bicyclic) bond motifs is 3. The molecule has 0 aromatic carbocycles. The van der Waals surface area contributed by atoms with E-state index in [1.807, 2.05) is 11.4 Å². The number of nitrogens with zero attached hydrogens (tertiary/aromatic N) is 3. The SMILES string of the molecule is O=C(N[C@H]1C[C@@H]2CC[C@@H]1O2)[C@@H]1CCCN1c1ncnc2sccc12. The number of hydrogen-bond donors (Lipinski definition) is 1. The Hall–Kier alpha value is -1.73. The fraction of sp³-hybridized carbons (Fsp3) is 0.588. The lowest BCUT2D eigenvalue weighted by Gasteiger charge is -2.28. The molecule has 2 aromatic rings. The maximum absolute atomic E-state index is 12.9. The molecule has 0 aliphatic carbocycles. The highest BCUT2D eigenvalue weighted by atomic mass is 32.1. The van der Waals surface area contributed by atoms with E-state index in [9.17, 15) is 4.79 Å². The van der Waals surface area contributed by atoms with Gasteiger partial charge in [0, 0.05) is 6.54 Å². The maximum Gasteiger partial charge on any atom is 0.243 e. The van der Waals surface area contributed by atoms with Crippen LogP contribution in [0.5, 0.6) is 0 Å². The number of thiophene rings is 1. The second-order valence-corrected chi connectivity index (χ2v) is 7.81. The Balaban J connectivity index is 1.37. The summed E-state index contributed by atoms with van der Waals surface area (Å²) in [6.07, 6.45) is 7.25. The summed E-state index contributed by atoms with van der Waals surface area (Å²) in [7, 11) is 0. The van der Waals surface area contributed by atoms with Gasteiger partial charge in [-0.1, -0.05) is 0 Å². The average Bonchev–Trinajstić information content (AvgIpc) is 3.36. The number of hydrogen-bond acceptors (Lipinski definition) is 6. The molecule has 126 valence electrons. The van der Waals surface area contributed by atoms with E-state index in [-0.39, 0.29) is 24.1 Å². The van der Waals surface area contributed by atoms with Gasteiger partial charge < -0.3 is 15.0 Å². The molecule has 24 heavy (non-hydrogen) atoms. The Morgan fingerprint density at radius 2 is 2.29 bits per heavy atom. The van der Waals surface area contributed by atoms with Gasteiger partial charge >= 0.3 is 0 Å². The molecule has 3 aliphatic rings. The maximum atomic E-state index is 12.9. The molecular weight excluding hydrogens is 324 g/mol. The van der Waals surface area contributed by atoms with E-state index in [1.54, 1.807) is 17.7 Å². The Morgan fingerprint density at radius 3 is 3.12 bits per heavy atom. The Morgan fingerprint density at radius 1 is 1.33 bits per heavy atom. The summed E-state index contributed by atoms with van der Waals surface area (Å²) in [5, 5.41) is 6.32. The smallest absolute Gasteiger partial charge is 0.243 e. The normalized spacial score (nSPS) is 31.9. The molecule has 0 saturated carbocycles. The summed E-state index contributed by atoms with van der Waals surface area (Å²) in [6.45, 7) is 0.868. The highest BCUT2D eigenvalue weighted by Crippen LogP contribution is 2.35. The zero-order chi connectivity index (χ0) is 16.1. The minimum Gasteiger partial charge on any atom is -0.373 e. The number of aromatic nitrogens is 2. The van der Waals surface area contributed by atoms with E-state index < -0.39 is 0 Å². The molecule has 3 saturated heterocycles. The minimum atomic E-state index is -0.137. The third-order valence-electron chi connectivity index (χ3n) is 5.50. The lowest BCUT2D eigenvalue weighted by molar-refractivity contribution is -0.123. The average molecular weight is 344 g/mol. The number of amides is 1. The number of nitrogens with one attached hydrogen (secondary N) is 1. The zero-order valence-corrected chi connectivity index (χ0v) is 14.2. The molecule has 6 nitrogen and oxygen atoms in total. The first-order chi connectivity index (χ1) is 11.8. The van der Waals surface area contributed by atoms with Crippen LogP contribution >= 0.6 is 11.3 Å². The Kier molecular flexibility index (Phi) is 3.45. The number of carbonyl (C=O) groups excluding carboxylic acids is 1. The van der Waals surface area contributed by atoms with Crippen molar-refractivity contribution in [1.82, 2.24) is 15.3 Å². The monoisotopic (exact) mass is 344 g/mol. The molecule has 1 amide bonds. The van der Waals surface area contributed by atoms with E-state index in [4.69, 9.17) is 4.74 Å². The molecule has 3 aliphatic heterocycles. The summed E-state index contributed by atoms with van der Waals surface area (Å²) in [4.78, 5) is 24.8. The molecule has 2 bridgehead atoms. The fourth-order valence-corrected chi connectivity index (χ4v) is 5.09. The zero-order valence-electron chi connectivity index (χ0n) is 13.4. The topological polar surface area (TPSA) is 67.3 Å². The van der Waals surface area contributed by atoms with E-state index >= 15 is 0 Å². The largest absolute Gasteiger partial charge is 0.373 e. The summed E-state index contributed by atoms with van der Waals surface area (Å²) in [6, 6.07) is 2.10. The van der Waals surface area contributed by atoms with Crippen LogP contribution in [0.2, 0.25) is 0 Å². The van der Waals surface area contributed by atoms with Crippen LogP contribution in [0.25, 0.3) is 10.2 Å². The van der Waals surface area contributed by atoms with Gasteiger partial charge in [0.15, 0.2) is 0 Å². The van der Waals surface area contributed by atoms with Gasteiger partial charge in [-0.15, -0.1) is 11.3 Å². The molecule has 3 fully saturated rings. The van der Waals surface area contributed by atoms with Crippen LogP contribution in [0, 0.1) is 0 Å². The quantitative estimate of drug-likeness (QED) is 0.923. The van der Waals surface area contributed by atoms with Crippen molar-refractivity contribution >= 4 is 33.3 Å². The van der Waals surface area contributed by atoms with E-state index in [1.165, 1.54) is 0 Å². The van der Waals surface area contributed by atoms with Crippen LogP contribution in [-0.2, 0) is 9.53 Å². The molecule has 2 aromatic heterocycles. The van der Waals surface area contributed by atoms with Gasteiger partial charge in [-0.05, 0) is 43.6 Å². The van der Waals surface area contributed by atoms with E-state index in [2.05, 4.69) is 20.2 Å². The fourth-order valence-electron chi connectivity index (χ4n) is 4.37. The van der Waals surface area contributed by atoms with Crippen LogP contribution < -0.4 is 10.2 Å². The number of anilines is 1. The second kappa shape index (κ2) is 5.67. The predicted octanol–water partition coefficient (Wildman–Crippen LogP) is 2.10. The van der Waals surface area contributed by atoms with Crippen molar-refractivity contribution in [2.45, 2.75) is 56.4 Å². The Labute approximate surface area is 144 Å². The van der Waals surface area contributed by atoms with Crippen LogP contribution in [0.4, 0.5) is 5.82 Å². The molecule has 4 atom stereocenters. The highest BCUT2D eigenvalue weighted by molar-refractivity contribution is 7.16. The number of ether oxygens (including phenoxy) is 1. The van der Waals surface area contributed by atoms with Crippen molar-refractivity contribution in [3.8, 4) is 0 Å². The molecule has 0 spiro atoms. The third-order valence-corrected chi connectivity index (χ3v) is 6.32. The van der Waals surface area contributed by atoms with Gasteiger partial charge in [0.05, 0.1) is 23.6 Å². The van der Waals surface area contributed by atoms with Crippen molar-refractivity contribution < 1.29 is 9.53 Å². The van der Waals surface area contributed by atoms with Crippen LogP contribution in [0.1, 0.15) is 32.1 Å². The predicted molar refractivity (Wildman–Crippen MR) is 92.2 cm³/mol. The van der Waals surface area contributed by atoms with Gasteiger partial charge in [-0.2, -0.15) is 0 Å². The van der Waals surface area contributed by atoms with Gasteiger partial charge in [0.25, 0.3) is 0 Å². The van der Waals surface area contributed by atoms with Crippen molar-refractivity contribution in [3.05, 3.63) is 17.8 Å². The first-order valence-electron chi connectivity index (χ1n) is 8.70. The third kappa shape index (κ3) is 2.29. The van der Waals surface area contributed by atoms with Crippen molar-refractivity contribution in [2.75, 3.05) is 11.4 Å². The van der Waals surface area contributed by atoms with Crippen molar-refractivity contribution in [1.29, 1.82) is 0 Å². The molecule has 1 N–H and O–H groups in total. The van der Waals surface area contributed by atoms with Crippen molar-refractivity contribution in [2.24, 2.45) is 0 Å². The molecular formula is C17H20N4O2S. The number of carbonyl (C=O) groups is 1. The summed E-state index contributed by atoms with van der Waals surface area (Å²) in [5.74, 6) is 1.01. The van der Waals surface area contributed by atoms with Crippen LogP contribution in [0.3, 0.4) is 0 Å². The van der Waals surface area contributed by atoms with Crippen molar-refractivity contribution in [3.63, 3.8) is 0 Å². The molecule has 0 radical (unpaired) electrons. The van der Waals surface area contributed by atoms with E-state index in [0.29, 0.717) is 6.10 Å². The van der Waals surface area contributed by atoms with Gasteiger partial charge in [0.1, 0.15) is 23.0 Å². The molecule has 7 heteroatoms. The minimum absolute atomic E-state index is 0.121. The summed E-state index contributed by atoms with van der Waals surface area (Å²) >= 11 is 1.61. The second-order valence-electron chi connectivity index (χ2n) is 6.91. The lowest BCUT2D eigenvalue weighted by Crippen LogP contribution is -2.50. The molecule has 5 heterocycles. The standard InChI is InChI=1S/C17H20N4O2S/c22-16(20-12-8-10-3-4-14(12)23-10)13-2-1-6-21(13)15-11-5-7-24-17(11)19-9-18-15/h5,7,9-10,12-14H,1-4,6,8H2,(H,20,22)/t10-,12-,13-,14-/m0/s1. The van der Waals surface area contributed by atoms with Crippen LogP contribution in [0.15, 0.2) is 17.8 Å². The first-order valence-corrected chi connectivity index (χ1v) is 9.58. The molecule has 0 unspecified atom stereocenters. The van der Waals surface area contributed by atoms with E-state index in [0.717, 1.165) is 54.7 Å². The Bertz CT molecular complexity index is 779. The van der Waals surface area contributed by atoms with Gasteiger partial charge in [-0.3, -0.25) is 4.79 Å². The number of rotatable bonds is 3. The highest BCUT2D eigenvalue weighted by Gasteiger charge is 2.43. The van der Waals surface area contributed by atoms with Crippen LogP contribution in [-0.4, -0.2) is 46.7 Å². The van der Waals surface area contributed by atoms with Gasteiger partial charge in [0.2, 0.25) is 5.91 Å². The van der Waals surface area contributed by atoms with Gasteiger partial charge in [-0.25, -0.2) is 9.97 Å². The lowest BCUT2D eigenvalue weighted by atomic mass is 9.95. The first kappa shape index (κ1) is 14.6. The molecule has 5 rings (SSSR count). The summed E-state index contributed by atoms with van der Waals surface area (Å²) < 4.78 is 5.86. The summed E-state index contributed by atoms with van der Waals surface area (Å²) in [5.41, 5.74) is 0.